The molecule has 0 bridgehead atoms. The molecule has 0 aliphatic carbocycles. The Labute approximate surface area is 124 Å². The van der Waals surface area contributed by atoms with E-state index in [1.807, 2.05) is 0 Å². The minimum absolute atomic E-state index is 0.655. The van der Waals surface area contributed by atoms with Crippen LogP contribution in [0.3, 0.4) is 0 Å². The van der Waals surface area contributed by atoms with E-state index < -0.39 is 60.9 Å². The van der Waals surface area contributed by atoms with Crippen molar-refractivity contribution in [3.63, 3.8) is 0 Å². The molecule has 2 heterocycles. The Morgan fingerprint density at radius 1 is 1.14 bits per heavy atom. The molecule has 1 saturated heterocycles. The minimum atomic E-state index is -1.68. The van der Waals surface area contributed by atoms with Gasteiger partial charge in [-0.05, 0) is 13.0 Å². The Balaban J connectivity index is 2.12. The molecule has 22 heavy (non-hydrogen) atoms. The van der Waals surface area contributed by atoms with Gasteiger partial charge in [-0.3, -0.25) is 0 Å². The standard InChI is InChI=1S/C12H18O10/c1-3-6(14)8(16)9(11(19)20-3)22-12-7(15)4(13)2-5(21-12)10(17)18/h2-4,6-9,11-16,19H,1H3,(H,17,18)/t3-,4-,6+,7-,8+,9-,11+,12-/m1/s1. The molecule has 0 unspecified atom stereocenters. The van der Waals surface area contributed by atoms with E-state index in [4.69, 9.17) is 19.3 Å². The number of carboxylic acid groups (broad SMARTS) is 1. The van der Waals surface area contributed by atoms with Crippen molar-refractivity contribution in [2.45, 2.75) is 56.1 Å². The van der Waals surface area contributed by atoms with Gasteiger partial charge >= 0.3 is 5.97 Å². The lowest BCUT2D eigenvalue weighted by Gasteiger charge is -2.41. The summed E-state index contributed by atoms with van der Waals surface area (Å²) in [6, 6.07) is 0. The zero-order chi connectivity index (χ0) is 16.6. The van der Waals surface area contributed by atoms with Crippen LogP contribution in [-0.2, 0) is 19.0 Å². The van der Waals surface area contributed by atoms with Crippen molar-refractivity contribution < 1.29 is 49.6 Å². The summed E-state index contributed by atoms with van der Waals surface area (Å²) in [4.78, 5) is 10.9. The molecule has 2 aliphatic rings. The number of rotatable bonds is 3. The number of hydrogen-bond acceptors (Lipinski definition) is 9. The zero-order valence-electron chi connectivity index (χ0n) is 11.5. The van der Waals surface area contributed by atoms with Crippen LogP contribution in [0.5, 0.6) is 0 Å². The third kappa shape index (κ3) is 3.22. The summed E-state index contributed by atoms with van der Waals surface area (Å²) in [5, 5.41) is 57.5. The first-order valence-corrected chi connectivity index (χ1v) is 6.55. The van der Waals surface area contributed by atoms with E-state index in [1.165, 1.54) is 6.92 Å². The number of aliphatic hydroxyl groups is 5. The molecule has 0 aromatic rings. The van der Waals surface area contributed by atoms with Crippen molar-refractivity contribution in [3.8, 4) is 0 Å². The van der Waals surface area contributed by atoms with Gasteiger partial charge in [0.25, 0.3) is 0 Å². The van der Waals surface area contributed by atoms with Crippen LogP contribution in [-0.4, -0.2) is 85.8 Å². The second-order valence-electron chi connectivity index (χ2n) is 5.12. The lowest BCUT2D eigenvalue weighted by Crippen LogP contribution is -2.60. The van der Waals surface area contributed by atoms with E-state index in [0.717, 1.165) is 6.08 Å². The van der Waals surface area contributed by atoms with Crippen LogP contribution in [0.2, 0.25) is 0 Å². The molecular formula is C12H18O10. The van der Waals surface area contributed by atoms with E-state index in [2.05, 4.69) is 0 Å². The van der Waals surface area contributed by atoms with Gasteiger partial charge in [-0.15, -0.1) is 0 Å². The number of ether oxygens (including phenoxy) is 3. The highest BCUT2D eigenvalue weighted by atomic mass is 16.7. The molecule has 10 nitrogen and oxygen atoms in total. The van der Waals surface area contributed by atoms with Gasteiger partial charge < -0.3 is 44.8 Å². The summed E-state index contributed by atoms with van der Waals surface area (Å²) in [6.45, 7) is 1.42. The predicted molar refractivity (Wildman–Crippen MR) is 66.0 cm³/mol. The van der Waals surface area contributed by atoms with Gasteiger partial charge in [0.05, 0.1) is 6.10 Å². The minimum Gasteiger partial charge on any atom is -0.475 e. The van der Waals surface area contributed by atoms with Gasteiger partial charge in [-0.2, -0.15) is 0 Å². The molecule has 8 atom stereocenters. The topological polar surface area (TPSA) is 166 Å². The average Bonchev–Trinajstić information content (AvgIpc) is 2.45. The third-order valence-electron chi connectivity index (χ3n) is 3.50. The van der Waals surface area contributed by atoms with Crippen molar-refractivity contribution in [1.82, 2.24) is 0 Å². The predicted octanol–water partition coefficient (Wildman–Crippen LogP) is -3.12. The molecule has 0 aromatic carbocycles. The lowest BCUT2D eigenvalue weighted by atomic mass is 9.99. The second kappa shape index (κ2) is 6.46. The van der Waals surface area contributed by atoms with Crippen molar-refractivity contribution in [1.29, 1.82) is 0 Å². The summed E-state index contributed by atoms with van der Waals surface area (Å²) in [5.41, 5.74) is 0. The van der Waals surface area contributed by atoms with Crippen LogP contribution >= 0.6 is 0 Å². The van der Waals surface area contributed by atoms with E-state index in [1.54, 1.807) is 0 Å². The lowest BCUT2D eigenvalue weighted by molar-refractivity contribution is -0.328. The van der Waals surface area contributed by atoms with E-state index >= 15 is 0 Å². The third-order valence-corrected chi connectivity index (χ3v) is 3.50. The van der Waals surface area contributed by atoms with Gasteiger partial charge in [-0.25, -0.2) is 4.79 Å². The molecule has 6 N–H and O–H groups in total. The Morgan fingerprint density at radius 2 is 1.77 bits per heavy atom. The fraction of sp³-hybridized carbons (Fsp3) is 0.750. The molecule has 0 spiro atoms. The van der Waals surface area contributed by atoms with Crippen LogP contribution in [0.4, 0.5) is 0 Å². The van der Waals surface area contributed by atoms with Gasteiger partial charge in [0.1, 0.15) is 30.5 Å². The Kier molecular flexibility index (Phi) is 5.02. The highest BCUT2D eigenvalue weighted by Gasteiger charge is 2.46. The van der Waals surface area contributed by atoms with Gasteiger partial charge in [0.2, 0.25) is 12.0 Å². The summed E-state index contributed by atoms with van der Waals surface area (Å²) < 4.78 is 14.9. The maximum Gasteiger partial charge on any atom is 0.371 e. The number of aliphatic carboxylic acids is 1. The quantitative estimate of drug-likeness (QED) is 0.313. The largest absolute Gasteiger partial charge is 0.475 e. The monoisotopic (exact) mass is 322 g/mol. The zero-order valence-corrected chi connectivity index (χ0v) is 11.5. The molecule has 10 heteroatoms. The van der Waals surface area contributed by atoms with E-state index in [-0.39, 0.29) is 0 Å². The molecule has 0 radical (unpaired) electrons. The number of aliphatic hydroxyl groups excluding tert-OH is 5. The van der Waals surface area contributed by atoms with Crippen molar-refractivity contribution in [2.24, 2.45) is 0 Å². The molecule has 0 amide bonds. The van der Waals surface area contributed by atoms with Crippen LogP contribution in [0, 0.1) is 0 Å². The Morgan fingerprint density at radius 3 is 2.36 bits per heavy atom. The van der Waals surface area contributed by atoms with Crippen molar-refractivity contribution >= 4 is 5.97 Å². The highest BCUT2D eigenvalue weighted by Crippen LogP contribution is 2.27. The molecular weight excluding hydrogens is 304 g/mol. The van der Waals surface area contributed by atoms with Crippen LogP contribution in [0.1, 0.15) is 6.92 Å². The van der Waals surface area contributed by atoms with Gasteiger partial charge in [0, 0.05) is 0 Å². The average molecular weight is 322 g/mol. The SMILES string of the molecule is C[C@H]1O[C@H](O)[C@H](O[C@H]2OC(C(=O)O)=C[C@@H](O)[C@H]2O)[C@@H](O)[C@H]1O. The maximum atomic E-state index is 10.9. The summed E-state index contributed by atoms with van der Waals surface area (Å²) in [6.07, 6.45) is -11.1. The van der Waals surface area contributed by atoms with Crippen LogP contribution < -0.4 is 0 Å². The maximum absolute atomic E-state index is 10.9. The van der Waals surface area contributed by atoms with Crippen LogP contribution in [0.15, 0.2) is 11.8 Å². The fourth-order valence-corrected chi connectivity index (χ4v) is 2.20. The summed E-state index contributed by atoms with van der Waals surface area (Å²) >= 11 is 0. The summed E-state index contributed by atoms with van der Waals surface area (Å²) in [5.74, 6) is -2.15. The normalized spacial score (nSPS) is 45.8. The van der Waals surface area contributed by atoms with Crippen LogP contribution in [0.25, 0.3) is 0 Å². The number of carboxylic acids is 1. The molecule has 2 rings (SSSR count). The van der Waals surface area contributed by atoms with Gasteiger partial charge in [-0.1, -0.05) is 0 Å². The number of carbonyl (C=O) groups is 1. The smallest absolute Gasteiger partial charge is 0.371 e. The molecule has 1 fully saturated rings. The number of hydrogen-bond donors (Lipinski definition) is 6. The fourth-order valence-electron chi connectivity index (χ4n) is 2.20. The van der Waals surface area contributed by atoms with Crippen molar-refractivity contribution in [3.05, 3.63) is 11.8 Å². The van der Waals surface area contributed by atoms with Gasteiger partial charge in [0.15, 0.2) is 6.29 Å². The van der Waals surface area contributed by atoms with E-state index in [9.17, 15) is 30.3 Å². The molecule has 0 saturated carbocycles. The summed E-state index contributed by atoms with van der Waals surface area (Å²) in [7, 11) is 0. The molecule has 2 aliphatic heterocycles. The molecule has 0 aromatic heterocycles. The Hall–Kier alpha value is -1.27. The van der Waals surface area contributed by atoms with E-state index in [0.29, 0.717) is 0 Å². The first kappa shape index (κ1) is 17.1. The highest BCUT2D eigenvalue weighted by molar-refractivity contribution is 5.84. The Bertz CT molecular complexity index is 451. The first-order valence-electron chi connectivity index (χ1n) is 6.55. The van der Waals surface area contributed by atoms with Crippen molar-refractivity contribution in [2.75, 3.05) is 0 Å². The first-order chi connectivity index (χ1) is 10.2. The molecule has 126 valence electrons. The second-order valence-corrected chi connectivity index (χ2v) is 5.12.